The Morgan fingerprint density at radius 1 is 1.12 bits per heavy atom. The van der Waals surface area contributed by atoms with E-state index in [2.05, 4.69) is 17.2 Å². The zero-order valence-electron chi connectivity index (χ0n) is 14.1. The van der Waals surface area contributed by atoms with Gasteiger partial charge in [-0.15, -0.1) is 0 Å². The molecular weight excluding hydrogens is 304 g/mol. The zero-order valence-corrected chi connectivity index (χ0v) is 14.1. The molecule has 2 aromatic rings. The van der Waals surface area contributed by atoms with E-state index in [9.17, 15) is 5.11 Å². The van der Waals surface area contributed by atoms with Crippen molar-refractivity contribution in [3.05, 3.63) is 59.9 Å². The summed E-state index contributed by atoms with van der Waals surface area (Å²) in [6, 6.07) is 13.7. The highest BCUT2D eigenvalue weighted by atomic mass is 16.5. The number of benzene rings is 1. The van der Waals surface area contributed by atoms with Crippen molar-refractivity contribution in [2.45, 2.75) is 32.6 Å². The summed E-state index contributed by atoms with van der Waals surface area (Å²) in [4.78, 5) is 4.33. The van der Waals surface area contributed by atoms with Gasteiger partial charge in [-0.3, -0.25) is 4.98 Å². The predicted octanol–water partition coefficient (Wildman–Crippen LogP) is 2.54. The average molecular weight is 330 g/mol. The molecule has 1 aromatic heterocycles. The molecule has 0 saturated heterocycles. The van der Waals surface area contributed by atoms with Crippen molar-refractivity contribution in [3.63, 3.8) is 0 Å². The van der Waals surface area contributed by atoms with Crippen molar-refractivity contribution < 1.29 is 14.6 Å². The highest BCUT2D eigenvalue weighted by Gasteiger charge is 2.06. The minimum atomic E-state index is -0.667. The van der Waals surface area contributed by atoms with Crippen LogP contribution in [0.2, 0.25) is 0 Å². The van der Waals surface area contributed by atoms with Crippen LogP contribution in [0.5, 0.6) is 5.75 Å². The average Bonchev–Trinajstić information content (AvgIpc) is 2.62. The Morgan fingerprint density at radius 3 is 2.67 bits per heavy atom. The van der Waals surface area contributed by atoms with Crippen molar-refractivity contribution in [1.29, 1.82) is 0 Å². The number of nitrogens with one attached hydrogen (secondary N) is 1. The maximum Gasteiger partial charge on any atom is 0.137 e. The summed E-state index contributed by atoms with van der Waals surface area (Å²) in [5.74, 6) is 0.649. The first kappa shape index (κ1) is 18.4. The predicted molar refractivity (Wildman–Crippen MR) is 93.8 cm³/mol. The Kier molecular flexibility index (Phi) is 8.24. The summed E-state index contributed by atoms with van der Waals surface area (Å²) in [6.07, 6.45) is 2.12. The fourth-order valence-electron chi connectivity index (χ4n) is 2.12. The SMILES string of the molecule is CCCNCc1ccc(OCC(O)COCc2ccccc2)cn1. The summed E-state index contributed by atoms with van der Waals surface area (Å²) in [6.45, 7) is 4.77. The fourth-order valence-corrected chi connectivity index (χ4v) is 2.12. The lowest BCUT2D eigenvalue weighted by Crippen LogP contribution is -2.23. The van der Waals surface area contributed by atoms with Gasteiger partial charge in [0.25, 0.3) is 0 Å². The molecule has 0 aliphatic heterocycles. The van der Waals surface area contributed by atoms with Crippen LogP contribution in [-0.2, 0) is 17.9 Å². The van der Waals surface area contributed by atoms with Gasteiger partial charge in [-0.25, -0.2) is 0 Å². The van der Waals surface area contributed by atoms with Gasteiger partial charge in [0.05, 0.1) is 25.1 Å². The third kappa shape index (κ3) is 7.08. The maximum absolute atomic E-state index is 9.91. The van der Waals surface area contributed by atoms with E-state index in [1.807, 2.05) is 42.5 Å². The third-order valence-corrected chi connectivity index (χ3v) is 3.39. The van der Waals surface area contributed by atoms with Gasteiger partial charge in [-0.2, -0.15) is 0 Å². The van der Waals surface area contributed by atoms with E-state index in [4.69, 9.17) is 9.47 Å². The first-order valence-corrected chi connectivity index (χ1v) is 8.36. The Bertz CT molecular complexity index is 561. The van der Waals surface area contributed by atoms with Gasteiger partial charge in [0.15, 0.2) is 0 Å². The molecule has 0 spiro atoms. The Hall–Kier alpha value is -1.95. The van der Waals surface area contributed by atoms with Crippen LogP contribution in [0.25, 0.3) is 0 Å². The highest BCUT2D eigenvalue weighted by Crippen LogP contribution is 2.10. The highest BCUT2D eigenvalue weighted by molar-refractivity contribution is 5.19. The summed E-state index contributed by atoms with van der Waals surface area (Å²) < 4.78 is 11.0. The van der Waals surface area contributed by atoms with Crippen LogP contribution in [0, 0.1) is 0 Å². The second-order valence-electron chi connectivity index (χ2n) is 5.63. The molecule has 0 aliphatic rings. The van der Waals surface area contributed by atoms with Gasteiger partial charge in [0.2, 0.25) is 0 Å². The molecule has 5 nitrogen and oxygen atoms in total. The molecule has 0 amide bonds. The van der Waals surface area contributed by atoms with Crippen molar-refractivity contribution >= 4 is 0 Å². The maximum atomic E-state index is 9.91. The molecule has 2 rings (SSSR count). The van der Waals surface area contributed by atoms with Crippen LogP contribution in [0.3, 0.4) is 0 Å². The van der Waals surface area contributed by atoms with Gasteiger partial charge < -0.3 is 19.9 Å². The van der Waals surface area contributed by atoms with E-state index in [1.165, 1.54) is 0 Å². The second kappa shape index (κ2) is 10.8. The minimum Gasteiger partial charge on any atom is -0.489 e. The van der Waals surface area contributed by atoms with E-state index < -0.39 is 6.10 Å². The molecule has 0 aliphatic carbocycles. The molecule has 2 N–H and O–H groups in total. The first-order valence-electron chi connectivity index (χ1n) is 8.36. The van der Waals surface area contributed by atoms with Gasteiger partial charge in [0, 0.05) is 6.54 Å². The van der Waals surface area contributed by atoms with Crippen molar-refractivity contribution in [2.24, 2.45) is 0 Å². The molecule has 0 fully saturated rings. The number of aliphatic hydroxyl groups is 1. The molecule has 0 bridgehead atoms. The topological polar surface area (TPSA) is 63.6 Å². The molecule has 5 heteroatoms. The minimum absolute atomic E-state index is 0.184. The number of aliphatic hydroxyl groups excluding tert-OH is 1. The molecule has 24 heavy (non-hydrogen) atoms. The summed E-state index contributed by atoms with van der Waals surface area (Å²) in [7, 11) is 0. The first-order chi connectivity index (χ1) is 11.8. The molecule has 0 saturated carbocycles. The number of hydrogen-bond acceptors (Lipinski definition) is 5. The van der Waals surface area contributed by atoms with Gasteiger partial charge in [0.1, 0.15) is 18.5 Å². The number of rotatable bonds is 11. The van der Waals surface area contributed by atoms with E-state index in [1.54, 1.807) is 6.20 Å². The van der Waals surface area contributed by atoms with Crippen molar-refractivity contribution in [3.8, 4) is 5.75 Å². The normalized spacial score (nSPS) is 12.1. The molecular formula is C19H26N2O3. The molecule has 1 atom stereocenters. The zero-order chi connectivity index (χ0) is 17.0. The molecule has 0 radical (unpaired) electrons. The van der Waals surface area contributed by atoms with Gasteiger partial charge >= 0.3 is 0 Å². The third-order valence-electron chi connectivity index (χ3n) is 3.39. The molecule has 130 valence electrons. The van der Waals surface area contributed by atoms with Crippen LogP contribution in [-0.4, -0.2) is 36.0 Å². The Morgan fingerprint density at radius 2 is 1.96 bits per heavy atom. The largest absolute Gasteiger partial charge is 0.489 e. The van der Waals surface area contributed by atoms with Crippen LogP contribution < -0.4 is 10.1 Å². The molecule has 1 aromatic carbocycles. The number of hydrogen-bond donors (Lipinski definition) is 2. The lowest BCUT2D eigenvalue weighted by molar-refractivity contribution is 0.00542. The van der Waals surface area contributed by atoms with Crippen LogP contribution in [0.4, 0.5) is 0 Å². The van der Waals surface area contributed by atoms with Crippen LogP contribution >= 0.6 is 0 Å². The molecule has 1 unspecified atom stereocenters. The smallest absolute Gasteiger partial charge is 0.137 e. The summed E-state index contributed by atoms with van der Waals surface area (Å²) in [5, 5.41) is 13.2. The standard InChI is InChI=1S/C19H26N2O3/c1-2-10-20-11-17-8-9-19(12-21-17)24-15-18(22)14-23-13-16-6-4-3-5-7-16/h3-9,12,18,20,22H,2,10-11,13-15H2,1H3. The fraction of sp³-hybridized carbons (Fsp3) is 0.421. The summed E-state index contributed by atoms with van der Waals surface area (Å²) >= 11 is 0. The Labute approximate surface area is 143 Å². The lowest BCUT2D eigenvalue weighted by atomic mass is 10.2. The van der Waals surface area contributed by atoms with E-state index in [-0.39, 0.29) is 13.2 Å². The number of pyridine rings is 1. The van der Waals surface area contributed by atoms with Gasteiger partial charge in [-0.1, -0.05) is 37.3 Å². The Balaban J connectivity index is 1.63. The van der Waals surface area contributed by atoms with E-state index in [0.29, 0.717) is 12.4 Å². The molecule has 1 heterocycles. The number of ether oxygens (including phenoxy) is 2. The van der Waals surface area contributed by atoms with E-state index in [0.717, 1.165) is 30.8 Å². The second-order valence-corrected chi connectivity index (χ2v) is 5.63. The quantitative estimate of drug-likeness (QED) is 0.620. The number of nitrogens with zero attached hydrogens (tertiary/aromatic N) is 1. The summed E-state index contributed by atoms with van der Waals surface area (Å²) in [5.41, 5.74) is 2.06. The van der Waals surface area contributed by atoms with Crippen molar-refractivity contribution in [2.75, 3.05) is 19.8 Å². The monoisotopic (exact) mass is 330 g/mol. The number of aromatic nitrogens is 1. The van der Waals surface area contributed by atoms with Crippen LogP contribution in [0.1, 0.15) is 24.6 Å². The van der Waals surface area contributed by atoms with E-state index >= 15 is 0 Å². The van der Waals surface area contributed by atoms with Crippen molar-refractivity contribution in [1.82, 2.24) is 10.3 Å². The van der Waals surface area contributed by atoms with Crippen LogP contribution in [0.15, 0.2) is 48.7 Å². The lowest BCUT2D eigenvalue weighted by Gasteiger charge is -2.13. The van der Waals surface area contributed by atoms with Gasteiger partial charge in [-0.05, 0) is 30.7 Å².